The van der Waals surface area contributed by atoms with Crippen LogP contribution in [0, 0.1) is 0 Å². The summed E-state index contributed by atoms with van der Waals surface area (Å²) in [7, 11) is 0. The molecule has 2 nitrogen and oxygen atoms in total. The molecular formula is C54H35NO. The van der Waals surface area contributed by atoms with Crippen molar-refractivity contribution in [1.29, 1.82) is 0 Å². The normalized spacial score (nSPS) is 11.6. The molecule has 1 heterocycles. The van der Waals surface area contributed by atoms with Crippen molar-refractivity contribution >= 4 is 71.3 Å². The predicted molar refractivity (Wildman–Crippen MR) is 237 cm³/mol. The molecule has 0 atom stereocenters. The highest BCUT2D eigenvalue weighted by Crippen LogP contribution is 2.46. The summed E-state index contributed by atoms with van der Waals surface area (Å²) in [6.07, 6.45) is 0. The van der Waals surface area contributed by atoms with Crippen molar-refractivity contribution in [3.63, 3.8) is 0 Å². The summed E-state index contributed by atoms with van der Waals surface area (Å²) in [6, 6.07) is 76.3. The Morgan fingerprint density at radius 1 is 0.286 bits per heavy atom. The molecule has 10 aromatic carbocycles. The van der Waals surface area contributed by atoms with Crippen molar-refractivity contribution < 1.29 is 4.42 Å². The maximum atomic E-state index is 7.13. The van der Waals surface area contributed by atoms with Crippen LogP contribution >= 0.6 is 0 Å². The monoisotopic (exact) mass is 713 g/mol. The molecule has 11 aromatic rings. The Balaban J connectivity index is 1.14. The molecule has 0 unspecified atom stereocenters. The van der Waals surface area contributed by atoms with Gasteiger partial charge in [0, 0.05) is 27.7 Å². The van der Waals surface area contributed by atoms with Crippen molar-refractivity contribution in [3.8, 4) is 33.4 Å². The topological polar surface area (TPSA) is 16.4 Å². The zero-order valence-corrected chi connectivity index (χ0v) is 30.6. The summed E-state index contributed by atoms with van der Waals surface area (Å²) >= 11 is 0. The Kier molecular flexibility index (Phi) is 7.53. The first-order chi connectivity index (χ1) is 27.8. The lowest BCUT2D eigenvalue weighted by atomic mass is 9.95. The van der Waals surface area contributed by atoms with Gasteiger partial charge in [-0.2, -0.15) is 0 Å². The molecule has 0 spiro atoms. The number of para-hydroxylation sites is 1. The first kappa shape index (κ1) is 32.0. The average molecular weight is 714 g/mol. The van der Waals surface area contributed by atoms with Crippen molar-refractivity contribution in [1.82, 2.24) is 0 Å². The van der Waals surface area contributed by atoms with Gasteiger partial charge in [0.1, 0.15) is 5.58 Å². The molecule has 0 radical (unpaired) electrons. The fourth-order valence-electron chi connectivity index (χ4n) is 8.52. The van der Waals surface area contributed by atoms with Crippen LogP contribution in [0.1, 0.15) is 0 Å². The van der Waals surface area contributed by atoms with Crippen molar-refractivity contribution in [2.24, 2.45) is 0 Å². The third-order valence-corrected chi connectivity index (χ3v) is 11.2. The molecule has 0 saturated carbocycles. The summed E-state index contributed by atoms with van der Waals surface area (Å²) < 4.78 is 7.13. The van der Waals surface area contributed by atoms with Crippen LogP contribution in [0.15, 0.2) is 217 Å². The van der Waals surface area contributed by atoms with E-state index in [1.165, 1.54) is 49.0 Å². The third-order valence-electron chi connectivity index (χ3n) is 11.2. The highest BCUT2D eigenvalue weighted by Gasteiger charge is 2.22. The summed E-state index contributed by atoms with van der Waals surface area (Å²) in [5, 5.41) is 9.58. The van der Waals surface area contributed by atoms with Crippen LogP contribution < -0.4 is 4.90 Å². The van der Waals surface area contributed by atoms with E-state index in [2.05, 4.69) is 217 Å². The molecule has 0 aliphatic heterocycles. The molecule has 56 heavy (non-hydrogen) atoms. The lowest BCUT2D eigenvalue weighted by Gasteiger charge is -2.26. The van der Waals surface area contributed by atoms with Crippen LogP contribution in [0.4, 0.5) is 17.1 Å². The third kappa shape index (κ3) is 5.34. The van der Waals surface area contributed by atoms with Gasteiger partial charge in [-0.15, -0.1) is 0 Å². The van der Waals surface area contributed by atoms with Gasteiger partial charge in [0.2, 0.25) is 0 Å². The number of rotatable bonds is 6. The summed E-state index contributed by atoms with van der Waals surface area (Å²) in [5.41, 5.74) is 11.8. The molecule has 0 N–H and O–H groups in total. The van der Waals surface area contributed by atoms with E-state index in [4.69, 9.17) is 4.42 Å². The van der Waals surface area contributed by atoms with E-state index < -0.39 is 0 Å². The second kappa shape index (κ2) is 13.2. The van der Waals surface area contributed by atoms with E-state index in [1.807, 2.05) is 0 Å². The first-order valence-electron chi connectivity index (χ1n) is 19.2. The zero-order chi connectivity index (χ0) is 37.0. The number of benzene rings is 10. The molecule has 0 aliphatic rings. The summed E-state index contributed by atoms with van der Waals surface area (Å²) in [5.74, 6) is 0. The molecule has 0 amide bonds. The fraction of sp³-hybridized carbons (Fsp3) is 0. The summed E-state index contributed by atoms with van der Waals surface area (Å²) in [6.45, 7) is 0. The minimum absolute atomic E-state index is 0.849. The van der Waals surface area contributed by atoms with Crippen molar-refractivity contribution in [3.05, 3.63) is 212 Å². The molecule has 0 saturated heterocycles. The molecule has 11 rings (SSSR count). The second-order valence-corrected chi connectivity index (χ2v) is 14.5. The second-order valence-electron chi connectivity index (χ2n) is 14.5. The number of hydrogen-bond donors (Lipinski definition) is 0. The van der Waals surface area contributed by atoms with E-state index in [9.17, 15) is 0 Å². The molecule has 1 aromatic heterocycles. The highest BCUT2D eigenvalue weighted by molar-refractivity contribution is 6.15. The maximum Gasteiger partial charge on any atom is 0.159 e. The lowest BCUT2D eigenvalue weighted by Crippen LogP contribution is -2.10. The Morgan fingerprint density at radius 3 is 1.68 bits per heavy atom. The highest BCUT2D eigenvalue weighted by atomic mass is 16.3. The molecular weight excluding hydrogens is 679 g/mol. The Labute approximate surface area is 325 Å². The van der Waals surface area contributed by atoms with E-state index in [1.54, 1.807) is 0 Å². The van der Waals surface area contributed by atoms with Crippen LogP contribution in [0.5, 0.6) is 0 Å². The molecule has 0 aliphatic carbocycles. The average Bonchev–Trinajstić information content (AvgIpc) is 3.66. The van der Waals surface area contributed by atoms with Gasteiger partial charge in [0.15, 0.2) is 5.58 Å². The van der Waals surface area contributed by atoms with Crippen molar-refractivity contribution in [2.75, 3.05) is 4.90 Å². The van der Waals surface area contributed by atoms with Gasteiger partial charge in [0.25, 0.3) is 0 Å². The van der Waals surface area contributed by atoms with Gasteiger partial charge in [-0.05, 0) is 103 Å². The SMILES string of the molecule is c1ccc(-c2cc(-c3ccccc3)c3oc4c(N(c5ccc(-c6cccc7ccccc67)cc5)c5ccc6c(ccc7ccccc76)c5)cccc4c3c2)cc1. The molecule has 0 fully saturated rings. The van der Waals surface area contributed by atoms with Crippen LogP contribution in [0.2, 0.25) is 0 Å². The van der Waals surface area contributed by atoms with Gasteiger partial charge in [-0.3, -0.25) is 0 Å². The number of anilines is 3. The minimum Gasteiger partial charge on any atom is -0.453 e. The van der Waals surface area contributed by atoms with E-state index in [0.29, 0.717) is 0 Å². The Morgan fingerprint density at radius 2 is 0.875 bits per heavy atom. The largest absolute Gasteiger partial charge is 0.453 e. The Bertz CT molecular complexity index is 3230. The lowest BCUT2D eigenvalue weighted by molar-refractivity contribution is 0.670. The minimum atomic E-state index is 0.849. The predicted octanol–water partition coefficient (Wildman–Crippen LogP) is 15.5. The smallest absolute Gasteiger partial charge is 0.159 e. The number of hydrogen-bond acceptors (Lipinski definition) is 2. The van der Waals surface area contributed by atoms with Crippen LogP contribution in [0.3, 0.4) is 0 Å². The maximum absolute atomic E-state index is 7.13. The number of fused-ring (bicyclic) bond motifs is 7. The van der Waals surface area contributed by atoms with Gasteiger partial charge < -0.3 is 9.32 Å². The van der Waals surface area contributed by atoms with Gasteiger partial charge in [0.05, 0.1) is 5.69 Å². The van der Waals surface area contributed by atoms with Crippen molar-refractivity contribution in [2.45, 2.75) is 0 Å². The quantitative estimate of drug-likeness (QED) is 0.160. The van der Waals surface area contributed by atoms with E-state index in [0.717, 1.165) is 55.7 Å². The zero-order valence-electron chi connectivity index (χ0n) is 30.6. The Hall–Kier alpha value is -7.42. The van der Waals surface area contributed by atoms with Gasteiger partial charge in [-0.25, -0.2) is 0 Å². The first-order valence-corrected chi connectivity index (χ1v) is 19.2. The van der Waals surface area contributed by atoms with Crippen LogP contribution in [0.25, 0.3) is 87.6 Å². The van der Waals surface area contributed by atoms with Crippen LogP contribution in [-0.2, 0) is 0 Å². The standard InChI is InChI=1S/C54H35NO/c1-3-13-36(14-4-1)42-34-50(38-15-5-2-6-16-38)53-51(35-42)49-23-12-24-52(54(49)56-53)55(44-31-32-48-41(33-44)26-25-39-18-8-10-21-46(39)48)43-29-27-40(28-30-43)47-22-11-19-37-17-7-9-20-45(37)47/h1-35H. The fourth-order valence-corrected chi connectivity index (χ4v) is 8.52. The number of furan rings is 1. The molecule has 0 bridgehead atoms. The number of nitrogens with zero attached hydrogens (tertiary/aromatic N) is 1. The van der Waals surface area contributed by atoms with E-state index in [-0.39, 0.29) is 0 Å². The molecule has 262 valence electrons. The van der Waals surface area contributed by atoms with Gasteiger partial charge >= 0.3 is 0 Å². The summed E-state index contributed by atoms with van der Waals surface area (Å²) in [4.78, 5) is 2.35. The molecule has 2 heteroatoms. The van der Waals surface area contributed by atoms with E-state index >= 15 is 0 Å². The van der Waals surface area contributed by atoms with Crippen LogP contribution in [-0.4, -0.2) is 0 Å². The van der Waals surface area contributed by atoms with Gasteiger partial charge in [-0.1, -0.05) is 170 Å².